The number of aromatic nitrogens is 2. The molecule has 2 heterocycles. The average molecular weight is 346 g/mol. The van der Waals surface area contributed by atoms with Crippen LogP contribution < -0.4 is 10.6 Å². The van der Waals surface area contributed by atoms with Crippen molar-refractivity contribution in [2.75, 3.05) is 18.0 Å². The van der Waals surface area contributed by atoms with Gasteiger partial charge in [0.2, 0.25) is 0 Å². The number of aromatic hydroxyl groups is 1. The molecule has 1 aliphatic heterocycles. The molecule has 122 valence electrons. The van der Waals surface area contributed by atoms with Gasteiger partial charge in [-0.3, -0.25) is 4.57 Å². The number of phenolic OH excluding ortho intramolecular Hbond substituents is 1. The molecule has 0 saturated carbocycles. The van der Waals surface area contributed by atoms with E-state index in [1.54, 1.807) is 18.2 Å². The molecule has 1 aliphatic rings. The topological polar surface area (TPSA) is 58.4 Å². The van der Waals surface area contributed by atoms with Crippen LogP contribution in [-0.4, -0.2) is 27.7 Å². The third kappa shape index (κ3) is 2.39. The van der Waals surface area contributed by atoms with Crippen LogP contribution in [0.25, 0.3) is 16.6 Å². The van der Waals surface area contributed by atoms with Crippen LogP contribution >= 0.6 is 11.6 Å². The van der Waals surface area contributed by atoms with E-state index in [0.717, 1.165) is 31.0 Å². The summed E-state index contributed by atoms with van der Waals surface area (Å²) in [4.78, 5) is 18.8. The lowest BCUT2D eigenvalue weighted by Crippen LogP contribution is -2.39. The molecule has 0 bridgehead atoms. The van der Waals surface area contributed by atoms with Crippen LogP contribution in [0, 0.1) is 5.82 Å². The highest BCUT2D eigenvalue weighted by molar-refractivity contribution is 6.31. The molecule has 0 atom stereocenters. The Kier molecular flexibility index (Phi) is 3.42. The van der Waals surface area contributed by atoms with Crippen molar-refractivity contribution in [2.45, 2.75) is 6.42 Å². The third-order valence-electron chi connectivity index (χ3n) is 4.12. The zero-order valence-corrected chi connectivity index (χ0v) is 13.3. The van der Waals surface area contributed by atoms with Gasteiger partial charge < -0.3 is 10.0 Å². The smallest absolute Gasteiger partial charge is 0.354 e. The molecule has 0 unspecified atom stereocenters. The zero-order valence-electron chi connectivity index (χ0n) is 12.5. The Bertz CT molecular complexity index is 994. The van der Waals surface area contributed by atoms with Crippen LogP contribution in [0.2, 0.25) is 5.02 Å². The van der Waals surface area contributed by atoms with Crippen LogP contribution in [0.5, 0.6) is 5.75 Å². The summed E-state index contributed by atoms with van der Waals surface area (Å²) in [6.07, 6.45) is 1.05. The number of phenols is 1. The predicted molar refractivity (Wildman–Crippen MR) is 90.8 cm³/mol. The predicted octanol–water partition coefficient (Wildman–Crippen LogP) is 3.09. The molecule has 0 amide bonds. The first-order chi connectivity index (χ1) is 11.5. The monoisotopic (exact) mass is 345 g/mol. The van der Waals surface area contributed by atoms with E-state index in [1.165, 1.54) is 16.7 Å². The van der Waals surface area contributed by atoms with Crippen molar-refractivity contribution in [2.24, 2.45) is 0 Å². The Morgan fingerprint density at radius 3 is 2.62 bits per heavy atom. The van der Waals surface area contributed by atoms with Crippen LogP contribution in [0.3, 0.4) is 0 Å². The Labute approximate surface area is 141 Å². The number of benzene rings is 2. The van der Waals surface area contributed by atoms with Gasteiger partial charge in [-0.1, -0.05) is 11.6 Å². The van der Waals surface area contributed by atoms with Crippen molar-refractivity contribution in [1.82, 2.24) is 9.55 Å². The van der Waals surface area contributed by atoms with E-state index >= 15 is 0 Å². The minimum atomic E-state index is -0.640. The molecule has 1 fully saturated rings. The normalized spacial score (nSPS) is 14.0. The van der Waals surface area contributed by atoms with E-state index in [0.29, 0.717) is 16.4 Å². The van der Waals surface area contributed by atoms with Crippen molar-refractivity contribution < 1.29 is 9.50 Å². The first kappa shape index (κ1) is 15.0. The number of fused-ring (bicyclic) bond motifs is 1. The minimum Gasteiger partial charge on any atom is -0.508 e. The van der Waals surface area contributed by atoms with Gasteiger partial charge in [-0.15, -0.1) is 0 Å². The molecule has 1 aromatic heterocycles. The number of halogens is 2. The van der Waals surface area contributed by atoms with E-state index in [-0.39, 0.29) is 11.4 Å². The van der Waals surface area contributed by atoms with Gasteiger partial charge in [0, 0.05) is 35.6 Å². The summed E-state index contributed by atoms with van der Waals surface area (Å²) >= 11 is 6.10. The van der Waals surface area contributed by atoms with Gasteiger partial charge in [0.1, 0.15) is 17.4 Å². The van der Waals surface area contributed by atoms with Crippen LogP contribution in [0.15, 0.2) is 41.2 Å². The molecule has 0 spiro atoms. The maximum Gasteiger partial charge on any atom is 0.354 e. The van der Waals surface area contributed by atoms with Crippen molar-refractivity contribution in [1.29, 1.82) is 0 Å². The minimum absolute atomic E-state index is 0.201. The van der Waals surface area contributed by atoms with E-state index in [4.69, 9.17) is 11.6 Å². The van der Waals surface area contributed by atoms with Gasteiger partial charge in [-0.05, 0) is 30.7 Å². The highest BCUT2D eigenvalue weighted by atomic mass is 35.5. The van der Waals surface area contributed by atoms with Crippen molar-refractivity contribution >= 4 is 28.3 Å². The maximum absolute atomic E-state index is 13.7. The molecule has 5 nitrogen and oxygen atoms in total. The highest BCUT2D eigenvalue weighted by Crippen LogP contribution is 2.30. The van der Waals surface area contributed by atoms with Crippen LogP contribution in [0.1, 0.15) is 6.42 Å². The molecule has 1 saturated heterocycles. The maximum atomic E-state index is 13.7. The molecular weight excluding hydrogens is 333 g/mol. The average Bonchev–Trinajstić information content (AvgIpc) is 2.43. The lowest BCUT2D eigenvalue weighted by Gasteiger charge is -2.33. The summed E-state index contributed by atoms with van der Waals surface area (Å²) in [6, 6.07) is 8.64. The van der Waals surface area contributed by atoms with Gasteiger partial charge in [0.25, 0.3) is 0 Å². The summed E-state index contributed by atoms with van der Waals surface area (Å²) in [6.45, 7) is 1.68. The summed E-state index contributed by atoms with van der Waals surface area (Å²) in [7, 11) is 0. The summed E-state index contributed by atoms with van der Waals surface area (Å²) < 4.78 is 14.9. The fourth-order valence-corrected chi connectivity index (χ4v) is 3.06. The van der Waals surface area contributed by atoms with Crippen LogP contribution in [-0.2, 0) is 0 Å². The summed E-state index contributed by atoms with van der Waals surface area (Å²) in [5.74, 6) is -0.299. The van der Waals surface area contributed by atoms with Crippen molar-refractivity contribution in [3.8, 4) is 11.4 Å². The Hall–Kier alpha value is -2.60. The van der Waals surface area contributed by atoms with Gasteiger partial charge in [-0.25, -0.2) is 9.18 Å². The Morgan fingerprint density at radius 1 is 1.17 bits per heavy atom. The fourth-order valence-electron chi connectivity index (χ4n) is 2.89. The first-order valence-electron chi connectivity index (χ1n) is 7.50. The van der Waals surface area contributed by atoms with E-state index < -0.39 is 11.5 Å². The number of hydrogen-bond acceptors (Lipinski definition) is 4. The van der Waals surface area contributed by atoms with Gasteiger partial charge in [0.05, 0.1) is 11.2 Å². The Morgan fingerprint density at radius 2 is 1.96 bits per heavy atom. The molecule has 0 aliphatic carbocycles. The fraction of sp³-hybridized carbons (Fsp3) is 0.176. The molecular formula is C17H13ClFN3O2. The number of anilines is 1. The second kappa shape index (κ2) is 5.49. The molecule has 2 aromatic carbocycles. The Balaban J connectivity index is 2.07. The SMILES string of the molecule is O=c1nc(N2CCC2)c2ccc(Cl)cc2n1-c1cc(O)cc(F)c1. The molecule has 0 radical (unpaired) electrons. The summed E-state index contributed by atoms with van der Waals surface area (Å²) in [5, 5.41) is 10.9. The second-order valence-electron chi connectivity index (χ2n) is 5.72. The van der Waals surface area contributed by atoms with Crippen molar-refractivity contribution in [3.05, 3.63) is 57.7 Å². The van der Waals surface area contributed by atoms with Crippen molar-refractivity contribution in [3.63, 3.8) is 0 Å². The largest absolute Gasteiger partial charge is 0.508 e. The quantitative estimate of drug-likeness (QED) is 0.775. The summed E-state index contributed by atoms with van der Waals surface area (Å²) in [5.41, 5.74) is 0.179. The van der Waals surface area contributed by atoms with E-state index in [9.17, 15) is 14.3 Å². The van der Waals surface area contributed by atoms with Crippen LogP contribution in [0.4, 0.5) is 10.2 Å². The first-order valence-corrected chi connectivity index (χ1v) is 7.88. The lowest BCUT2D eigenvalue weighted by molar-refractivity contribution is 0.468. The number of hydrogen-bond donors (Lipinski definition) is 1. The van der Waals surface area contributed by atoms with E-state index in [1.807, 2.05) is 4.90 Å². The molecule has 4 rings (SSSR count). The van der Waals surface area contributed by atoms with E-state index in [2.05, 4.69) is 4.98 Å². The van der Waals surface area contributed by atoms with Gasteiger partial charge >= 0.3 is 5.69 Å². The number of rotatable bonds is 2. The highest BCUT2D eigenvalue weighted by Gasteiger charge is 2.21. The molecule has 3 aromatic rings. The molecule has 1 N–H and O–H groups in total. The third-order valence-corrected chi connectivity index (χ3v) is 4.35. The van der Waals surface area contributed by atoms with Gasteiger partial charge in [0.15, 0.2) is 0 Å². The van der Waals surface area contributed by atoms with Gasteiger partial charge in [-0.2, -0.15) is 4.98 Å². The second-order valence-corrected chi connectivity index (χ2v) is 6.16. The zero-order chi connectivity index (χ0) is 16.8. The molecule has 7 heteroatoms. The standard InChI is InChI=1S/C17H13ClFN3O2/c18-10-2-3-14-15(6-10)22(12-7-11(19)8-13(23)9-12)17(24)20-16(14)21-4-1-5-21/h2-3,6-9,23H,1,4-5H2. The number of nitrogens with zero attached hydrogens (tertiary/aromatic N) is 3. The molecule has 24 heavy (non-hydrogen) atoms. The lowest BCUT2D eigenvalue weighted by atomic mass is 10.1.